The van der Waals surface area contributed by atoms with Crippen molar-refractivity contribution in [2.24, 2.45) is 0 Å². The molecule has 0 fully saturated rings. The Bertz CT molecular complexity index is 927. The smallest absolute Gasteiger partial charge is 0.267 e. The number of para-hydroxylation sites is 3. The number of ether oxygens (including phenoxy) is 3. The van der Waals surface area contributed by atoms with Crippen LogP contribution in [-0.4, -0.2) is 0 Å². The van der Waals surface area contributed by atoms with Crippen LogP contribution in [0, 0.1) is 0 Å². The van der Waals surface area contributed by atoms with Crippen LogP contribution in [0.25, 0.3) is 0 Å². The highest BCUT2D eigenvalue weighted by Crippen LogP contribution is 2.28. The van der Waals surface area contributed by atoms with Crippen molar-refractivity contribution in [1.82, 2.24) is 0 Å². The molecule has 138 valence electrons. The normalized spacial score (nSPS) is 10.5. The van der Waals surface area contributed by atoms with Crippen LogP contribution in [-0.2, 0) is 0 Å². The Kier molecular flexibility index (Phi) is 5.54. The van der Waals surface area contributed by atoms with E-state index in [0.717, 1.165) is 28.6 Å². The van der Waals surface area contributed by atoms with Crippen LogP contribution in [0.15, 0.2) is 115 Å². The van der Waals surface area contributed by atoms with E-state index in [1.807, 2.05) is 115 Å². The van der Waals surface area contributed by atoms with E-state index in [1.54, 1.807) is 0 Å². The molecule has 3 heteroatoms. The molecule has 0 saturated heterocycles. The Morgan fingerprint density at radius 2 is 0.786 bits per heavy atom. The van der Waals surface area contributed by atoms with Gasteiger partial charge >= 0.3 is 0 Å². The number of rotatable bonds is 7. The van der Waals surface area contributed by atoms with Crippen LogP contribution in [0.3, 0.4) is 0 Å². The van der Waals surface area contributed by atoms with Crippen molar-refractivity contribution < 1.29 is 14.2 Å². The minimum absolute atomic E-state index is 0.574. The van der Waals surface area contributed by atoms with E-state index in [2.05, 4.69) is 0 Å². The first-order chi connectivity index (χ1) is 13.9. The van der Waals surface area contributed by atoms with Gasteiger partial charge in [-0.3, -0.25) is 0 Å². The lowest BCUT2D eigenvalue weighted by Gasteiger charge is -2.21. The van der Waals surface area contributed by atoms with Crippen molar-refractivity contribution in [3.05, 3.63) is 121 Å². The Hall–Kier alpha value is -3.72. The summed E-state index contributed by atoms with van der Waals surface area (Å²) in [4.78, 5) is 0. The molecule has 0 bridgehead atoms. The number of hydrogen-bond donors (Lipinski definition) is 0. The molecular weight excluding hydrogens is 348 g/mol. The van der Waals surface area contributed by atoms with Gasteiger partial charge in [-0.05, 0) is 60.7 Å². The fourth-order valence-electron chi connectivity index (χ4n) is 2.72. The zero-order chi connectivity index (χ0) is 19.0. The molecule has 0 aliphatic rings. The Balaban J connectivity index is 1.54. The van der Waals surface area contributed by atoms with Gasteiger partial charge in [-0.15, -0.1) is 0 Å². The largest absolute Gasteiger partial charge is 0.457 e. The number of benzene rings is 4. The van der Waals surface area contributed by atoms with E-state index in [0.29, 0.717) is 0 Å². The van der Waals surface area contributed by atoms with Crippen LogP contribution < -0.4 is 14.2 Å². The van der Waals surface area contributed by atoms with Gasteiger partial charge in [0.1, 0.15) is 23.0 Å². The SMILES string of the molecule is c1ccc(Oc2ccc(C(Oc3ccccc3)Oc3ccccc3)cc2)cc1. The average Bonchev–Trinajstić information content (AvgIpc) is 2.76. The predicted octanol–water partition coefficient (Wildman–Crippen LogP) is 6.64. The van der Waals surface area contributed by atoms with Crippen molar-refractivity contribution in [3.8, 4) is 23.0 Å². The first-order valence-corrected chi connectivity index (χ1v) is 9.13. The van der Waals surface area contributed by atoms with Crippen molar-refractivity contribution >= 4 is 0 Å². The molecule has 4 aromatic rings. The Morgan fingerprint density at radius 1 is 0.393 bits per heavy atom. The van der Waals surface area contributed by atoms with Gasteiger partial charge in [0.15, 0.2) is 0 Å². The van der Waals surface area contributed by atoms with Crippen LogP contribution >= 0.6 is 0 Å². The predicted molar refractivity (Wildman–Crippen MR) is 110 cm³/mol. The molecule has 3 nitrogen and oxygen atoms in total. The second kappa shape index (κ2) is 8.78. The summed E-state index contributed by atoms with van der Waals surface area (Å²) in [6.45, 7) is 0. The molecule has 0 N–H and O–H groups in total. The minimum atomic E-state index is -0.574. The second-order valence-corrected chi connectivity index (χ2v) is 6.18. The van der Waals surface area contributed by atoms with E-state index in [1.165, 1.54) is 0 Å². The zero-order valence-corrected chi connectivity index (χ0v) is 15.3. The summed E-state index contributed by atoms with van der Waals surface area (Å²) in [7, 11) is 0. The first kappa shape index (κ1) is 17.7. The van der Waals surface area contributed by atoms with E-state index in [9.17, 15) is 0 Å². The van der Waals surface area contributed by atoms with Gasteiger partial charge in [0, 0.05) is 5.56 Å². The topological polar surface area (TPSA) is 27.7 Å². The maximum atomic E-state index is 6.10. The van der Waals surface area contributed by atoms with Crippen LogP contribution in [0.5, 0.6) is 23.0 Å². The van der Waals surface area contributed by atoms with Gasteiger partial charge in [-0.1, -0.05) is 54.6 Å². The summed E-state index contributed by atoms with van der Waals surface area (Å²) in [5.41, 5.74) is 0.896. The summed E-state index contributed by atoms with van der Waals surface area (Å²) in [6.07, 6.45) is -0.574. The molecule has 0 unspecified atom stereocenters. The molecule has 0 atom stereocenters. The van der Waals surface area contributed by atoms with E-state index >= 15 is 0 Å². The quantitative estimate of drug-likeness (QED) is 0.342. The molecule has 0 heterocycles. The van der Waals surface area contributed by atoms with Gasteiger partial charge in [-0.2, -0.15) is 0 Å². The molecule has 0 amide bonds. The maximum absolute atomic E-state index is 6.10. The fourth-order valence-corrected chi connectivity index (χ4v) is 2.72. The molecule has 0 radical (unpaired) electrons. The van der Waals surface area contributed by atoms with Gasteiger partial charge in [0.25, 0.3) is 6.29 Å². The molecule has 0 saturated carbocycles. The van der Waals surface area contributed by atoms with Crippen molar-refractivity contribution in [2.45, 2.75) is 6.29 Å². The standard InChI is InChI=1S/C25H20O3/c1-4-10-21(11-5-1)26-24-18-16-20(17-19-24)25(27-22-12-6-2-7-13-22)28-23-14-8-3-9-15-23/h1-19,25H. The summed E-state index contributed by atoms with van der Waals surface area (Å²) in [5, 5.41) is 0. The first-order valence-electron chi connectivity index (χ1n) is 9.13. The van der Waals surface area contributed by atoms with Gasteiger partial charge < -0.3 is 14.2 Å². The van der Waals surface area contributed by atoms with E-state index < -0.39 is 6.29 Å². The highest BCUT2D eigenvalue weighted by molar-refractivity contribution is 5.34. The molecule has 0 aliphatic carbocycles. The highest BCUT2D eigenvalue weighted by atomic mass is 16.7. The van der Waals surface area contributed by atoms with Gasteiger partial charge in [0.05, 0.1) is 0 Å². The summed E-state index contributed by atoms with van der Waals surface area (Å²) >= 11 is 0. The van der Waals surface area contributed by atoms with Crippen molar-refractivity contribution in [1.29, 1.82) is 0 Å². The third kappa shape index (κ3) is 4.71. The third-order valence-corrected chi connectivity index (χ3v) is 4.10. The van der Waals surface area contributed by atoms with Crippen LogP contribution in [0.2, 0.25) is 0 Å². The zero-order valence-electron chi connectivity index (χ0n) is 15.3. The monoisotopic (exact) mass is 368 g/mol. The molecular formula is C25H20O3. The van der Waals surface area contributed by atoms with Crippen molar-refractivity contribution in [2.75, 3.05) is 0 Å². The van der Waals surface area contributed by atoms with E-state index in [-0.39, 0.29) is 0 Å². The molecule has 28 heavy (non-hydrogen) atoms. The Labute approximate surface area is 164 Å². The lowest BCUT2D eigenvalue weighted by Crippen LogP contribution is -2.15. The average molecular weight is 368 g/mol. The molecule has 0 aromatic heterocycles. The van der Waals surface area contributed by atoms with Crippen LogP contribution in [0.4, 0.5) is 0 Å². The van der Waals surface area contributed by atoms with Crippen molar-refractivity contribution in [3.63, 3.8) is 0 Å². The Morgan fingerprint density at radius 3 is 1.25 bits per heavy atom. The molecule has 4 rings (SSSR count). The van der Waals surface area contributed by atoms with Crippen LogP contribution in [0.1, 0.15) is 11.9 Å². The minimum Gasteiger partial charge on any atom is -0.457 e. The third-order valence-electron chi connectivity index (χ3n) is 4.10. The molecule has 0 aliphatic heterocycles. The summed E-state index contributed by atoms with van der Waals surface area (Å²) < 4.78 is 18.1. The lowest BCUT2D eigenvalue weighted by atomic mass is 10.2. The maximum Gasteiger partial charge on any atom is 0.267 e. The van der Waals surface area contributed by atoms with Gasteiger partial charge in [-0.25, -0.2) is 0 Å². The number of hydrogen-bond acceptors (Lipinski definition) is 3. The second-order valence-electron chi connectivity index (χ2n) is 6.18. The lowest BCUT2D eigenvalue weighted by molar-refractivity contribution is 0.00380. The molecule has 4 aromatic carbocycles. The van der Waals surface area contributed by atoms with E-state index in [4.69, 9.17) is 14.2 Å². The fraction of sp³-hybridized carbons (Fsp3) is 0.0400. The summed E-state index contributed by atoms with van der Waals surface area (Å²) in [5.74, 6) is 3.04. The molecule has 0 spiro atoms. The van der Waals surface area contributed by atoms with Gasteiger partial charge in [0.2, 0.25) is 0 Å². The highest BCUT2D eigenvalue weighted by Gasteiger charge is 2.16. The summed E-state index contributed by atoms with van der Waals surface area (Å²) in [6, 6.07) is 36.7.